The molecule has 1 N–H and O–H groups in total. The van der Waals surface area contributed by atoms with Crippen molar-refractivity contribution in [1.29, 1.82) is 0 Å². The van der Waals surface area contributed by atoms with Crippen molar-refractivity contribution in [3.05, 3.63) is 18.2 Å². The zero-order valence-electron chi connectivity index (χ0n) is 8.33. The molecule has 74 valence electrons. The minimum absolute atomic E-state index is 0.475. The molecule has 0 bridgehead atoms. The second-order valence-corrected chi connectivity index (χ2v) is 2.62. The molecule has 0 heterocycles. The maximum Gasteiger partial charge on any atom is 0.145 e. The number of nitrogens with one attached hydrogen (secondary N) is 1. The molecule has 0 unspecified atom stereocenters. The van der Waals surface area contributed by atoms with Gasteiger partial charge in [-0.2, -0.15) is 0 Å². The van der Waals surface area contributed by atoms with E-state index in [0.29, 0.717) is 6.54 Å². The number of ether oxygens (including phenoxy) is 2. The van der Waals surface area contributed by atoms with E-state index in [-0.39, 0.29) is 0 Å². The molecule has 0 saturated heterocycles. The number of benzene rings is 1. The third-order valence-corrected chi connectivity index (χ3v) is 1.79. The molecule has 1 aromatic rings. The summed E-state index contributed by atoms with van der Waals surface area (Å²) in [5, 5.41) is 3.05. The summed E-state index contributed by atoms with van der Waals surface area (Å²) < 4.78 is 10.2. The Labute approximate surface area is 84.0 Å². The number of anilines is 1. The van der Waals surface area contributed by atoms with E-state index in [2.05, 4.69) is 11.2 Å². The van der Waals surface area contributed by atoms with Crippen LogP contribution in [0.2, 0.25) is 0 Å². The molecule has 0 saturated carbocycles. The Morgan fingerprint density at radius 3 is 2.71 bits per heavy atom. The third kappa shape index (κ3) is 2.33. The first kappa shape index (κ1) is 10.3. The van der Waals surface area contributed by atoms with E-state index >= 15 is 0 Å². The smallest absolute Gasteiger partial charge is 0.145 e. The van der Waals surface area contributed by atoms with Crippen LogP contribution in [0.3, 0.4) is 0 Å². The Kier molecular flexibility index (Phi) is 3.69. The predicted octanol–water partition coefficient (Wildman–Crippen LogP) is 1.75. The van der Waals surface area contributed by atoms with Crippen molar-refractivity contribution in [2.24, 2.45) is 0 Å². The Morgan fingerprint density at radius 1 is 1.36 bits per heavy atom. The Balaban J connectivity index is 2.88. The molecule has 0 radical (unpaired) electrons. The SMILES string of the molecule is C#CCNc1ccc(OC)cc1OC. The van der Waals surface area contributed by atoms with Crippen LogP contribution in [0.1, 0.15) is 0 Å². The molecule has 1 rings (SSSR count). The van der Waals surface area contributed by atoms with Crippen LogP contribution >= 0.6 is 0 Å². The van der Waals surface area contributed by atoms with Crippen molar-refractivity contribution < 1.29 is 9.47 Å². The Morgan fingerprint density at radius 2 is 2.14 bits per heavy atom. The molecule has 14 heavy (non-hydrogen) atoms. The fraction of sp³-hybridized carbons (Fsp3) is 0.273. The highest BCUT2D eigenvalue weighted by Crippen LogP contribution is 2.28. The summed E-state index contributed by atoms with van der Waals surface area (Å²) in [4.78, 5) is 0. The van der Waals surface area contributed by atoms with E-state index < -0.39 is 0 Å². The summed E-state index contributed by atoms with van der Waals surface area (Å²) in [6.07, 6.45) is 5.15. The molecule has 3 nitrogen and oxygen atoms in total. The van der Waals surface area contributed by atoms with Crippen molar-refractivity contribution in [1.82, 2.24) is 0 Å². The van der Waals surface area contributed by atoms with Gasteiger partial charge in [0.2, 0.25) is 0 Å². The molecule has 0 aliphatic rings. The fourth-order valence-electron chi connectivity index (χ4n) is 1.09. The minimum atomic E-state index is 0.475. The van der Waals surface area contributed by atoms with Crippen LogP contribution in [0.4, 0.5) is 5.69 Å². The summed E-state index contributed by atoms with van der Waals surface area (Å²) in [7, 11) is 3.22. The van der Waals surface area contributed by atoms with Crippen LogP contribution in [0.5, 0.6) is 11.5 Å². The summed E-state index contributed by atoms with van der Waals surface area (Å²) in [5.74, 6) is 3.98. The fourth-order valence-corrected chi connectivity index (χ4v) is 1.09. The topological polar surface area (TPSA) is 30.5 Å². The molecule has 0 aliphatic heterocycles. The maximum atomic E-state index is 5.17. The Hall–Kier alpha value is -1.82. The van der Waals surface area contributed by atoms with Gasteiger partial charge in [0.25, 0.3) is 0 Å². The second-order valence-electron chi connectivity index (χ2n) is 2.62. The first-order valence-corrected chi connectivity index (χ1v) is 4.21. The molecule has 3 heteroatoms. The normalized spacial score (nSPS) is 8.93. The molecule has 0 aromatic heterocycles. The molecule has 0 atom stereocenters. The lowest BCUT2D eigenvalue weighted by atomic mass is 10.2. The van der Waals surface area contributed by atoms with E-state index in [1.807, 2.05) is 12.1 Å². The lowest BCUT2D eigenvalue weighted by molar-refractivity contribution is 0.395. The average Bonchev–Trinajstić information content (AvgIpc) is 2.26. The van der Waals surface area contributed by atoms with E-state index in [1.165, 1.54) is 0 Å². The minimum Gasteiger partial charge on any atom is -0.497 e. The van der Waals surface area contributed by atoms with Gasteiger partial charge in [-0.3, -0.25) is 0 Å². The monoisotopic (exact) mass is 191 g/mol. The summed E-state index contributed by atoms with van der Waals surface area (Å²) in [6, 6.07) is 5.52. The van der Waals surface area contributed by atoms with Crippen LogP contribution in [0.15, 0.2) is 18.2 Å². The molecule has 1 aromatic carbocycles. The van der Waals surface area contributed by atoms with Gasteiger partial charge >= 0.3 is 0 Å². The van der Waals surface area contributed by atoms with E-state index in [9.17, 15) is 0 Å². The average molecular weight is 191 g/mol. The molecule has 0 amide bonds. The molecular weight excluding hydrogens is 178 g/mol. The number of hydrogen-bond donors (Lipinski definition) is 1. The van der Waals surface area contributed by atoms with Gasteiger partial charge in [0.05, 0.1) is 26.5 Å². The van der Waals surface area contributed by atoms with Gasteiger partial charge in [-0.15, -0.1) is 6.42 Å². The summed E-state index contributed by atoms with van der Waals surface area (Å²) in [6.45, 7) is 0.475. The maximum absolute atomic E-state index is 5.17. The standard InChI is InChI=1S/C11H13NO2/c1-4-7-12-10-6-5-9(13-2)8-11(10)14-3/h1,5-6,8,12H,7H2,2-3H3. The summed E-state index contributed by atoms with van der Waals surface area (Å²) >= 11 is 0. The number of hydrogen-bond acceptors (Lipinski definition) is 3. The van der Waals surface area contributed by atoms with Crippen LogP contribution in [0, 0.1) is 12.3 Å². The van der Waals surface area contributed by atoms with Crippen LogP contribution in [0.25, 0.3) is 0 Å². The van der Waals surface area contributed by atoms with Crippen LogP contribution in [-0.4, -0.2) is 20.8 Å². The zero-order valence-corrected chi connectivity index (χ0v) is 8.33. The number of methoxy groups -OCH3 is 2. The molecular formula is C11H13NO2. The van der Waals surface area contributed by atoms with Gasteiger partial charge in [0.15, 0.2) is 0 Å². The largest absolute Gasteiger partial charge is 0.497 e. The van der Waals surface area contributed by atoms with Crippen LogP contribution in [-0.2, 0) is 0 Å². The summed E-state index contributed by atoms with van der Waals surface area (Å²) in [5.41, 5.74) is 0.867. The highest BCUT2D eigenvalue weighted by Gasteiger charge is 2.02. The Bertz CT molecular complexity index is 342. The second kappa shape index (κ2) is 5.03. The number of rotatable bonds is 4. The third-order valence-electron chi connectivity index (χ3n) is 1.79. The van der Waals surface area contributed by atoms with Gasteiger partial charge in [-0.1, -0.05) is 5.92 Å². The van der Waals surface area contributed by atoms with Crippen LogP contribution < -0.4 is 14.8 Å². The van der Waals surface area contributed by atoms with Gasteiger partial charge in [-0.25, -0.2) is 0 Å². The van der Waals surface area contributed by atoms with Crippen molar-refractivity contribution in [3.8, 4) is 23.8 Å². The van der Waals surface area contributed by atoms with E-state index in [1.54, 1.807) is 20.3 Å². The van der Waals surface area contributed by atoms with Crippen molar-refractivity contribution >= 4 is 5.69 Å². The van der Waals surface area contributed by atoms with Gasteiger partial charge in [-0.05, 0) is 12.1 Å². The molecule has 0 spiro atoms. The lowest BCUT2D eigenvalue weighted by Crippen LogP contribution is -2.00. The predicted molar refractivity (Wildman–Crippen MR) is 56.9 cm³/mol. The van der Waals surface area contributed by atoms with Gasteiger partial charge < -0.3 is 14.8 Å². The highest BCUT2D eigenvalue weighted by molar-refractivity contribution is 5.59. The zero-order chi connectivity index (χ0) is 10.4. The quantitative estimate of drug-likeness (QED) is 0.735. The number of terminal acetylenes is 1. The molecule has 0 fully saturated rings. The first-order valence-electron chi connectivity index (χ1n) is 4.21. The molecule has 0 aliphatic carbocycles. The van der Waals surface area contributed by atoms with Gasteiger partial charge in [0, 0.05) is 6.07 Å². The van der Waals surface area contributed by atoms with Crippen molar-refractivity contribution in [3.63, 3.8) is 0 Å². The highest BCUT2D eigenvalue weighted by atomic mass is 16.5. The van der Waals surface area contributed by atoms with E-state index in [0.717, 1.165) is 17.2 Å². The van der Waals surface area contributed by atoms with Crippen molar-refractivity contribution in [2.45, 2.75) is 0 Å². The lowest BCUT2D eigenvalue weighted by Gasteiger charge is -2.10. The van der Waals surface area contributed by atoms with Crippen molar-refractivity contribution in [2.75, 3.05) is 26.1 Å². The van der Waals surface area contributed by atoms with E-state index in [4.69, 9.17) is 15.9 Å². The van der Waals surface area contributed by atoms with Gasteiger partial charge in [0.1, 0.15) is 11.5 Å². The first-order chi connectivity index (χ1) is 6.81.